The lowest BCUT2D eigenvalue weighted by Crippen LogP contribution is -2.45. The van der Waals surface area contributed by atoms with Crippen molar-refractivity contribution in [1.29, 1.82) is 0 Å². The van der Waals surface area contributed by atoms with Gasteiger partial charge in [-0.3, -0.25) is 4.79 Å². The summed E-state index contributed by atoms with van der Waals surface area (Å²) in [6.45, 7) is 2.95. The van der Waals surface area contributed by atoms with E-state index in [1.165, 1.54) is 5.56 Å². The Hall–Kier alpha value is -2.08. The molecule has 3 amide bonds. The molecule has 27 heavy (non-hydrogen) atoms. The smallest absolute Gasteiger partial charge is 0.317 e. The van der Waals surface area contributed by atoms with Gasteiger partial charge in [-0.2, -0.15) is 0 Å². The van der Waals surface area contributed by atoms with Gasteiger partial charge in [0.2, 0.25) is 0 Å². The molecule has 0 bridgehead atoms. The number of ether oxygens (including phenoxy) is 1. The summed E-state index contributed by atoms with van der Waals surface area (Å²) in [5.41, 5.74) is 2.01. The van der Waals surface area contributed by atoms with E-state index < -0.39 is 0 Å². The third-order valence-corrected chi connectivity index (χ3v) is 5.36. The van der Waals surface area contributed by atoms with Crippen LogP contribution in [-0.4, -0.2) is 56.2 Å². The highest BCUT2D eigenvalue weighted by atomic mass is 16.5. The molecule has 2 fully saturated rings. The van der Waals surface area contributed by atoms with Crippen molar-refractivity contribution in [2.45, 2.75) is 44.6 Å². The van der Waals surface area contributed by atoms with Crippen molar-refractivity contribution in [3.8, 4) is 0 Å². The summed E-state index contributed by atoms with van der Waals surface area (Å²) in [6.07, 6.45) is 6.10. The average Bonchev–Trinajstić information content (AvgIpc) is 3.50. The minimum absolute atomic E-state index is 0.0360. The maximum atomic E-state index is 12.1. The van der Waals surface area contributed by atoms with E-state index in [0.717, 1.165) is 57.2 Å². The van der Waals surface area contributed by atoms with E-state index in [0.29, 0.717) is 25.1 Å². The van der Waals surface area contributed by atoms with Crippen molar-refractivity contribution in [3.05, 3.63) is 35.4 Å². The molecule has 1 heterocycles. The van der Waals surface area contributed by atoms with Crippen LogP contribution in [0.5, 0.6) is 0 Å². The summed E-state index contributed by atoms with van der Waals surface area (Å²) >= 11 is 0. The number of benzene rings is 1. The third-order valence-electron chi connectivity index (χ3n) is 5.36. The lowest BCUT2D eigenvalue weighted by molar-refractivity contribution is 0.0951. The Labute approximate surface area is 161 Å². The maximum absolute atomic E-state index is 12.1. The van der Waals surface area contributed by atoms with Crippen LogP contribution >= 0.6 is 0 Å². The Morgan fingerprint density at radius 2 is 1.81 bits per heavy atom. The molecule has 0 unspecified atom stereocenters. The van der Waals surface area contributed by atoms with Crippen LogP contribution in [0.4, 0.5) is 4.79 Å². The van der Waals surface area contributed by atoms with Crippen LogP contribution in [-0.2, 0) is 11.2 Å². The van der Waals surface area contributed by atoms with Crippen molar-refractivity contribution in [1.82, 2.24) is 15.5 Å². The minimum atomic E-state index is 0.0360. The molecule has 2 N–H and O–H groups in total. The third kappa shape index (κ3) is 6.24. The summed E-state index contributed by atoms with van der Waals surface area (Å²) in [7, 11) is 1.67. The lowest BCUT2D eigenvalue weighted by atomic mass is 9.90. The van der Waals surface area contributed by atoms with Crippen molar-refractivity contribution < 1.29 is 14.3 Å². The number of nitrogens with one attached hydrogen (secondary N) is 2. The molecule has 148 valence electrons. The molecule has 0 radical (unpaired) electrons. The van der Waals surface area contributed by atoms with Gasteiger partial charge in [0.25, 0.3) is 5.91 Å². The van der Waals surface area contributed by atoms with Gasteiger partial charge >= 0.3 is 6.03 Å². The maximum Gasteiger partial charge on any atom is 0.317 e. The first-order chi connectivity index (χ1) is 13.2. The molecular weight excluding hydrogens is 342 g/mol. The van der Waals surface area contributed by atoms with Crippen molar-refractivity contribution in [2.75, 3.05) is 33.4 Å². The molecule has 1 aromatic rings. The second kappa shape index (κ2) is 9.74. The Morgan fingerprint density at radius 1 is 1.11 bits per heavy atom. The molecule has 0 spiro atoms. The quantitative estimate of drug-likeness (QED) is 0.688. The molecule has 0 atom stereocenters. The fourth-order valence-corrected chi connectivity index (χ4v) is 3.49. The van der Waals surface area contributed by atoms with Gasteiger partial charge < -0.3 is 20.3 Å². The van der Waals surface area contributed by atoms with Gasteiger partial charge in [0.05, 0.1) is 0 Å². The standard InChI is InChI=1S/C21H31N3O3/c1-27-14-2-11-22-21(26)24-12-9-17(10-13-24)15-16-3-5-18(6-4-16)20(25)23-19-7-8-19/h3-6,17,19H,2,7-15H2,1H3,(H,22,26)(H,23,25). The highest BCUT2D eigenvalue weighted by Gasteiger charge is 2.24. The number of carbonyl (C=O) groups excluding carboxylic acids is 2. The molecule has 1 saturated carbocycles. The molecule has 2 aliphatic rings. The highest BCUT2D eigenvalue weighted by Crippen LogP contribution is 2.23. The van der Waals surface area contributed by atoms with E-state index in [-0.39, 0.29) is 11.9 Å². The van der Waals surface area contributed by atoms with Crippen molar-refractivity contribution in [3.63, 3.8) is 0 Å². The van der Waals surface area contributed by atoms with Crippen LogP contribution in [0, 0.1) is 5.92 Å². The molecule has 1 saturated heterocycles. The van der Waals surface area contributed by atoms with Gasteiger partial charge in [0, 0.05) is 45.0 Å². The van der Waals surface area contributed by atoms with E-state index >= 15 is 0 Å². The van der Waals surface area contributed by atoms with Crippen molar-refractivity contribution >= 4 is 11.9 Å². The monoisotopic (exact) mass is 373 g/mol. The van der Waals surface area contributed by atoms with Gasteiger partial charge in [-0.25, -0.2) is 4.79 Å². The van der Waals surface area contributed by atoms with Gasteiger partial charge in [-0.15, -0.1) is 0 Å². The van der Waals surface area contributed by atoms with E-state index in [1.54, 1.807) is 7.11 Å². The molecule has 6 heteroatoms. The highest BCUT2D eigenvalue weighted by molar-refractivity contribution is 5.94. The Bertz CT molecular complexity index is 620. The summed E-state index contributed by atoms with van der Waals surface area (Å²) in [6, 6.07) is 8.41. The zero-order chi connectivity index (χ0) is 19.1. The molecular formula is C21H31N3O3. The lowest BCUT2D eigenvalue weighted by Gasteiger charge is -2.32. The molecule has 0 aromatic heterocycles. The predicted octanol–water partition coefficient (Wildman–Crippen LogP) is 2.58. The first-order valence-corrected chi connectivity index (χ1v) is 10.1. The molecule has 1 aliphatic heterocycles. The van der Waals surface area contributed by atoms with Crippen LogP contribution in [0.2, 0.25) is 0 Å². The summed E-state index contributed by atoms with van der Waals surface area (Å²) in [4.78, 5) is 26.1. The van der Waals surface area contributed by atoms with Gasteiger partial charge in [0.15, 0.2) is 0 Å². The average molecular weight is 373 g/mol. The Balaban J connectivity index is 1.38. The van der Waals surface area contributed by atoms with Gasteiger partial charge in [-0.1, -0.05) is 12.1 Å². The SMILES string of the molecule is COCCCNC(=O)N1CCC(Cc2ccc(C(=O)NC3CC3)cc2)CC1. The summed E-state index contributed by atoms with van der Waals surface area (Å²) in [5, 5.41) is 5.97. The topological polar surface area (TPSA) is 70.7 Å². The molecule has 3 rings (SSSR count). The minimum Gasteiger partial charge on any atom is -0.385 e. The Kier molecular flexibility index (Phi) is 7.10. The second-order valence-corrected chi connectivity index (χ2v) is 7.66. The number of hydrogen-bond donors (Lipinski definition) is 2. The number of hydrogen-bond acceptors (Lipinski definition) is 3. The normalized spacial score (nSPS) is 17.6. The number of likely N-dealkylation sites (tertiary alicyclic amines) is 1. The van der Waals surface area contributed by atoms with Crippen LogP contribution < -0.4 is 10.6 Å². The van der Waals surface area contributed by atoms with Crippen LogP contribution in [0.15, 0.2) is 24.3 Å². The summed E-state index contributed by atoms with van der Waals surface area (Å²) < 4.78 is 4.99. The molecule has 6 nitrogen and oxygen atoms in total. The van der Waals surface area contributed by atoms with Crippen molar-refractivity contribution in [2.24, 2.45) is 5.92 Å². The predicted molar refractivity (Wildman–Crippen MR) is 105 cm³/mol. The van der Waals surface area contributed by atoms with E-state index in [1.807, 2.05) is 17.0 Å². The van der Waals surface area contributed by atoms with Crippen LogP contribution in [0.3, 0.4) is 0 Å². The number of rotatable bonds is 8. The first kappa shape index (κ1) is 19.7. The number of carbonyl (C=O) groups is 2. The number of urea groups is 1. The van der Waals surface area contributed by atoms with Crippen LogP contribution in [0.1, 0.15) is 48.0 Å². The summed E-state index contributed by atoms with van der Waals surface area (Å²) in [5.74, 6) is 0.627. The molecule has 1 aliphatic carbocycles. The first-order valence-electron chi connectivity index (χ1n) is 10.1. The Morgan fingerprint density at radius 3 is 2.44 bits per heavy atom. The number of piperidine rings is 1. The number of nitrogens with zero attached hydrogens (tertiary/aromatic N) is 1. The molecule has 1 aromatic carbocycles. The zero-order valence-corrected chi connectivity index (χ0v) is 16.2. The van der Waals surface area contributed by atoms with E-state index in [9.17, 15) is 9.59 Å². The fraction of sp³-hybridized carbons (Fsp3) is 0.619. The zero-order valence-electron chi connectivity index (χ0n) is 16.2. The van der Waals surface area contributed by atoms with Gasteiger partial charge in [0.1, 0.15) is 0 Å². The fourth-order valence-electron chi connectivity index (χ4n) is 3.49. The van der Waals surface area contributed by atoms with Crippen LogP contribution in [0.25, 0.3) is 0 Å². The number of amides is 3. The second-order valence-electron chi connectivity index (χ2n) is 7.66. The van der Waals surface area contributed by atoms with E-state index in [2.05, 4.69) is 22.8 Å². The number of methoxy groups -OCH3 is 1. The largest absolute Gasteiger partial charge is 0.385 e. The van der Waals surface area contributed by atoms with E-state index in [4.69, 9.17) is 4.74 Å². The van der Waals surface area contributed by atoms with Gasteiger partial charge in [-0.05, 0) is 62.1 Å².